The SMILES string of the molecule is Cc1ccc(Cn2c(Nc3cccc(C(F)(F)I)c3)nc(=O)n(C(C)(C)C)c2=O)cc1. The van der Waals surface area contributed by atoms with Crippen molar-refractivity contribution in [3.63, 3.8) is 0 Å². The van der Waals surface area contributed by atoms with Crippen molar-refractivity contribution in [3.05, 3.63) is 86.2 Å². The normalized spacial score (nSPS) is 12.1. The number of hydrogen-bond donors (Lipinski definition) is 1. The first-order chi connectivity index (χ1) is 14.4. The summed E-state index contributed by atoms with van der Waals surface area (Å²) in [6.07, 6.45) is 0. The lowest BCUT2D eigenvalue weighted by Gasteiger charge is -2.23. The number of hydrogen-bond acceptors (Lipinski definition) is 4. The standard InChI is InChI=1S/C22H23F2IN4O2/c1-14-8-10-15(11-9-14)13-28-18(27-19(30)29(20(28)31)21(2,3)4)26-17-7-5-6-16(12-17)22(23,24)25/h5-12H,13H2,1-4H3,(H,26,27,30). The molecule has 0 atom stereocenters. The number of anilines is 2. The summed E-state index contributed by atoms with van der Waals surface area (Å²) in [5.74, 6) is -0.00926. The molecule has 1 aromatic heterocycles. The number of nitrogens with one attached hydrogen (secondary N) is 1. The fourth-order valence-electron chi connectivity index (χ4n) is 3.08. The van der Waals surface area contributed by atoms with Crippen LogP contribution in [0.5, 0.6) is 0 Å². The lowest BCUT2D eigenvalue weighted by atomic mass is 10.1. The van der Waals surface area contributed by atoms with Gasteiger partial charge in [-0.2, -0.15) is 13.8 Å². The summed E-state index contributed by atoms with van der Waals surface area (Å²) in [7, 11) is 0. The van der Waals surface area contributed by atoms with E-state index in [1.165, 1.54) is 22.8 Å². The van der Waals surface area contributed by atoms with Crippen molar-refractivity contribution in [2.75, 3.05) is 5.32 Å². The van der Waals surface area contributed by atoms with Gasteiger partial charge in [-0.05, 0) is 45.4 Å². The zero-order valence-electron chi connectivity index (χ0n) is 17.6. The van der Waals surface area contributed by atoms with E-state index in [0.717, 1.165) is 38.3 Å². The molecule has 0 aliphatic heterocycles. The molecule has 2 aromatic carbocycles. The van der Waals surface area contributed by atoms with E-state index in [-0.39, 0.29) is 18.1 Å². The summed E-state index contributed by atoms with van der Waals surface area (Å²) < 4.78 is 26.8. The van der Waals surface area contributed by atoms with Gasteiger partial charge < -0.3 is 5.32 Å². The van der Waals surface area contributed by atoms with Gasteiger partial charge >= 0.3 is 15.3 Å². The first-order valence-electron chi connectivity index (χ1n) is 9.60. The highest BCUT2D eigenvalue weighted by atomic mass is 127. The van der Waals surface area contributed by atoms with Gasteiger partial charge in [0.15, 0.2) is 0 Å². The number of alkyl halides is 3. The molecule has 0 aliphatic carbocycles. The Morgan fingerprint density at radius 2 is 1.71 bits per heavy atom. The Kier molecular flexibility index (Phi) is 6.35. The predicted octanol–water partition coefficient (Wildman–Crippen LogP) is 4.74. The Balaban J connectivity index is 2.14. The van der Waals surface area contributed by atoms with Crippen molar-refractivity contribution in [1.82, 2.24) is 14.1 Å². The highest BCUT2D eigenvalue weighted by Gasteiger charge is 2.27. The highest BCUT2D eigenvalue weighted by Crippen LogP contribution is 2.36. The lowest BCUT2D eigenvalue weighted by molar-refractivity contribution is 0.127. The van der Waals surface area contributed by atoms with Gasteiger partial charge in [-0.1, -0.05) is 42.0 Å². The second kappa shape index (κ2) is 8.52. The summed E-state index contributed by atoms with van der Waals surface area (Å²) in [5, 5.41) is 2.88. The third kappa shape index (κ3) is 5.38. The second-order valence-corrected chi connectivity index (χ2v) is 9.64. The molecule has 1 heterocycles. The summed E-state index contributed by atoms with van der Waals surface area (Å²) in [4.78, 5) is 30.0. The molecule has 1 N–H and O–H groups in total. The van der Waals surface area contributed by atoms with Crippen LogP contribution in [0, 0.1) is 6.92 Å². The first kappa shape index (κ1) is 23.1. The molecule has 0 aliphatic rings. The van der Waals surface area contributed by atoms with Crippen LogP contribution < -0.4 is 16.7 Å². The smallest absolute Gasteiger partial charge is 0.325 e. The van der Waals surface area contributed by atoms with Gasteiger partial charge in [0.2, 0.25) is 5.95 Å². The fraction of sp³-hybridized carbons (Fsp3) is 0.318. The predicted molar refractivity (Wildman–Crippen MR) is 126 cm³/mol. The summed E-state index contributed by atoms with van der Waals surface area (Å²) in [6, 6.07) is 13.2. The molecule has 0 saturated carbocycles. The van der Waals surface area contributed by atoms with Crippen LogP contribution in [0.2, 0.25) is 0 Å². The summed E-state index contributed by atoms with van der Waals surface area (Å²) >= 11 is 1.05. The largest absolute Gasteiger partial charge is 0.355 e. The molecule has 0 radical (unpaired) electrons. The van der Waals surface area contributed by atoms with Crippen LogP contribution in [-0.4, -0.2) is 14.1 Å². The number of rotatable bonds is 5. The zero-order valence-corrected chi connectivity index (χ0v) is 19.8. The Morgan fingerprint density at radius 1 is 1.06 bits per heavy atom. The van der Waals surface area contributed by atoms with Crippen LogP contribution in [-0.2, 0) is 16.0 Å². The van der Waals surface area contributed by atoms with Crippen molar-refractivity contribution in [1.29, 1.82) is 0 Å². The van der Waals surface area contributed by atoms with Gasteiger partial charge in [0.25, 0.3) is 0 Å². The van der Waals surface area contributed by atoms with Gasteiger partial charge in [0.05, 0.1) is 6.54 Å². The fourth-order valence-corrected chi connectivity index (χ4v) is 3.42. The van der Waals surface area contributed by atoms with E-state index in [9.17, 15) is 18.4 Å². The second-order valence-electron chi connectivity index (χ2n) is 8.28. The van der Waals surface area contributed by atoms with Crippen LogP contribution in [0.1, 0.15) is 37.5 Å². The zero-order chi connectivity index (χ0) is 23.0. The number of aryl methyl sites for hydroxylation is 1. The quantitative estimate of drug-likeness (QED) is 0.375. The molecular weight excluding hydrogens is 517 g/mol. The van der Waals surface area contributed by atoms with Crippen molar-refractivity contribution in [2.45, 2.75) is 43.7 Å². The third-order valence-corrected chi connectivity index (χ3v) is 5.27. The molecular formula is C22H23F2IN4O2. The van der Waals surface area contributed by atoms with Crippen molar-refractivity contribution in [3.8, 4) is 0 Å². The van der Waals surface area contributed by atoms with Crippen LogP contribution >= 0.6 is 22.6 Å². The van der Waals surface area contributed by atoms with E-state index in [1.807, 2.05) is 31.2 Å². The minimum Gasteiger partial charge on any atom is -0.325 e. The molecule has 6 nitrogen and oxygen atoms in total. The van der Waals surface area contributed by atoms with Crippen LogP contribution in [0.15, 0.2) is 58.1 Å². The maximum Gasteiger partial charge on any atom is 0.355 e. The van der Waals surface area contributed by atoms with Crippen molar-refractivity contribution >= 4 is 34.2 Å². The molecule has 0 bridgehead atoms. The lowest BCUT2D eigenvalue weighted by Crippen LogP contribution is -2.49. The van der Waals surface area contributed by atoms with E-state index < -0.39 is 20.8 Å². The molecule has 0 saturated heterocycles. The maximum absolute atomic E-state index is 13.7. The number of aromatic nitrogens is 3. The molecule has 3 rings (SSSR count). The molecule has 0 spiro atoms. The van der Waals surface area contributed by atoms with E-state index in [0.29, 0.717) is 5.69 Å². The van der Waals surface area contributed by atoms with Gasteiger partial charge in [0.1, 0.15) is 0 Å². The summed E-state index contributed by atoms with van der Waals surface area (Å²) in [5.41, 5.74) is -0.0212. The van der Waals surface area contributed by atoms with E-state index in [4.69, 9.17) is 0 Å². The number of benzene rings is 2. The monoisotopic (exact) mass is 540 g/mol. The van der Waals surface area contributed by atoms with Gasteiger partial charge in [-0.3, -0.25) is 4.57 Å². The maximum atomic E-state index is 13.7. The molecule has 0 unspecified atom stereocenters. The van der Waals surface area contributed by atoms with E-state index in [2.05, 4.69) is 10.3 Å². The minimum absolute atomic E-state index is 0.00926. The van der Waals surface area contributed by atoms with Gasteiger partial charge in [-0.25, -0.2) is 14.2 Å². The van der Waals surface area contributed by atoms with Crippen molar-refractivity contribution in [2.24, 2.45) is 0 Å². The van der Waals surface area contributed by atoms with E-state index >= 15 is 0 Å². The molecule has 31 heavy (non-hydrogen) atoms. The molecule has 3 aromatic rings. The van der Waals surface area contributed by atoms with Crippen LogP contribution in [0.4, 0.5) is 20.4 Å². The van der Waals surface area contributed by atoms with Gasteiger partial charge in [-0.15, -0.1) is 0 Å². The Labute approximate surface area is 192 Å². The Bertz CT molecular complexity index is 1210. The highest BCUT2D eigenvalue weighted by molar-refractivity contribution is 14.1. The van der Waals surface area contributed by atoms with Gasteiger partial charge in [0, 0.05) is 39.4 Å². The molecule has 164 valence electrons. The topological polar surface area (TPSA) is 68.9 Å². The minimum atomic E-state index is -3.06. The number of halogens is 3. The average molecular weight is 540 g/mol. The Hall–Kier alpha value is -2.56. The average Bonchev–Trinajstić information content (AvgIpc) is 2.64. The Morgan fingerprint density at radius 3 is 2.29 bits per heavy atom. The molecule has 0 fully saturated rings. The van der Waals surface area contributed by atoms with E-state index in [1.54, 1.807) is 26.8 Å². The molecule has 9 heteroatoms. The third-order valence-electron chi connectivity index (χ3n) is 4.65. The summed E-state index contributed by atoms with van der Waals surface area (Å²) in [6.45, 7) is 7.35. The van der Waals surface area contributed by atoms with Crippen LogP contribution in [0.25, 0.3) is 0 Å². The first-order valence-corrected chi connectivity index (χ1v) is 10.7. The molecule has 0 amide bonds. The van der Waals surface area contributed by atoms with Crippen molar-refractivity contribution < 1.29 is 8.78 Å². The number of nitrogens with zero attached hydrogens (tertiary/aromatic N) is 3. The van der Waals surface area contributed by atoms with Crippen LogP contribution in [0.3, 0.4) is 0 Å².